The van der Waals surface area contributed by atoms with E-state index in [1.54, 1.807) is 18.7 Å². The van der Waals surface area contributed by atoms with Crippen molar-refractivity contribution in [3.63, 3.8) is 0 Å². The Hall–Kier alpha value is -2.30. The maximum absolute atomic E-state index is 12.5. The van der Waals surface area contributed by atoms with Crippen molar-refractivity contribution in [3.05, 3.63) is 17.7 Å². The minimum atomic E-state index is -0.697. The molecule has 1 unspecified atom stereocenters. The van der Waals surface area contributed by atoms with E-state index in [1.807, 2.05) is 12.1 Å². The molecule has 4 rings (SSSR count). The largest absolute Gasteiger partial charge is 0.493 e. The number of benzene rings is 1. The molecule has 3 atom stereocenters. The van der Waals surface area contributed by atoms with Crippen LogP contribution in [0.2, 0.25) is 0 Å². The summed E-state index contributed by atoms with van der Waals surface area (Å²) in [4.78, 5) is 18.7. The van der Waals surface area contributed by atoms with Gasteiger partial charge in [-0.3, -0.25) is 4.90 Å². The number of nitrogens with one attached hydrogen (secondary N) is 1. The quantitative estimate of drug-likeness (QED) is 0.817. The fourth-order valence-corrected chi connectivity index (χ4v) is 4.26. The molecule has 1 aromatic heterocycles. The highest BCUT2D eigenvalue weighted by Gasteiger charge is 2.43. The summed E-state index contributed by atoms with van der Waals surface area (Å²) < 4.78 is 6.61. The van der Waals surface area contributed by atoms with Gasteiger partial charge < -0.3 is 15.2 Å². The van der Waals surface area contributed by atoms with Gasteiger partial charge in [-0.25, -0.2) is 9.78 Å². The minimum Gasteiger partial charge on any atom is -0.493 e. The number of aliphatic hydroxyl groups excluding tert-OH is 1. The molecule has 1 saturated heterocycles. The van der Waals surface area contributed by atoms with Gasteiger partial charge in [0.1, 0.15) is 11.8 Å². The Bertz CT molecular complexity index is 880. The zero-order valence-electron chi connectivity index (χ0n) is 13.4. The normalized spacial score (nSPS) is 23.5. The number of fused-ring (bicyclic) bond motifs is 3. The van der Waals surface area contributed by atoms with Gasteiger partial charge in [-0.05, 0) is 26.0 Å². The zero-order chi connectivity index (χ0) is 16.8. The van der Waals surface area contributed by atoms with Gasteiger partial charge in [0.25, 0.3) is 0 Å². The predicted molar refractivity (Wildman–Crippen MR) is 92.5 cm³/mol. The summed E-state index contributed by atoms with van der Waals surface area (Å²) in [6.07, 6.45) is 0.133. The van der Waals surface area contributed by atoms with Crippen molar-refractivity contribution in [1.82, 2.24) is 10.3 Å². The number of nitrogens with zero attached hydrogens (tertiary/aromatic N) is 2. The second-order valence-electron chi connectivity index (χ2n) is 5.91. The number of rotatable bonds is 2. The summed E-state index contributed by atoms with van der Waals surface area (Å²) in [7, 11) is 0. The van der Waals surface area contributed by atoms with Gasteiger partial charge in [0, 0.05) is 12.0 Å². The third kappa shape index (κ3) is 2.22. The fourth-order valence-electron chi connectivity index (χ4n) is 3.23. The van der Waals surface area contributed by atoms with Crippen LogP contribution in [0.5, 0.6) is 5.75 Å². The molecule has 7 heteroatoms. The van der Waals surface area contributed by atoms with Gasteiger partial charge in [0.15, 0.2) is 5.13 Å². The lowest BCUT2D eigenvalue weighted by Gasteiger charge is -2.21. The molecule has 2 aliphatic rings. The molecule has 2 amide bonds. The van der Waals surface area contributed by atoms with E-state index < -0.39 is 18.2 Å². The van der Waals surface area contributed by atoms with E-state index in [0.29, 0.717) is 11.7 Å². The standard InChI is InChI=1S/C17H17N3O3S/c1-3-4-11-14(9(2)21)18-16(22)20(11)17-19-15-10-7-8-23-12(10)5-6-13(15)24-17/h5-6,9,11,14,21H,7-8H2,1-2H3,(H,18,22)/t9?,11-,14-/m0/s1. The molecule has 0 saturated carbocycles. The Kier molecular flexibility index (Phi) is 3.59. The first-order valence-electron chi connectivity index (χ1n) is 7.85. The molecule has 0 spiro atoms. The highest BCUT2D eigenvalue weighted by atomic mass is 32.1. The lowest BCUT2D eigenvalue weighted by molar-refractivity contribution is 0.153. The van der Waals surface area contributed by atoms with Crippen molar-refractivity contribution in [2.75, 3.05) is 11.5 Å². The van der Waals surface area contributed by atoms with Gasteiger partial charge in [0.2, 0.25) is 0 Å². The number of hydrogen-bond donors (Lipinski definition) is 2. The molecule has 0 bridgehead atoms. The predicted octanol–water partition coefficient (Wildman–Crippen LogP) is 1.90. The van der Waals surface area contributed by atoms with Crippen LogP contribution < -0.4 is 15.0 Å². The number of anilines is 1. The second kappa shape index (κ2) is 5.65. The average molecular weight is 343 g/mol. The van der Waals surface area contributed by atoms with E-state index in [2.05, 4.69) is 17.2 Å². The smallest absolute Gasteiger partial charge is 0.325 e. The van der Waals surface area contributed by atoms with E-state index in [1.165, 1.54) is 11.3 Å². The van der Waals surface area contributed by atoms with Crippen molar-refractivity contribution in [2.45, 2.75) is 38.5 Å². The number of ether oxygens (including phenoxy) is 1. The Morgan fingerprint density at radius 1 is 1.54 bits per heavy atom. The first-order chi connectivity index (χ1) is 11.6. The number of aromatic nitrogens is 1. The van der Waals surface area contributed by atoms with E-state index in [4.69, 9.17) is 9.72 Å². The molecule has 2 aliphatic heterocycles. The molecule has 2 N–H and O–H groups in total. The van der Waals surface area contributed by atoms with Crippen LogP contribution in [0.25, 0.3) is 10.2 Å². The molecule has 0 radical (unpaired) electrons. The first-order valence-corrected chi connectivity index (χ1v) is 8.67. The molecule has 1 fully saturated rings. The van der Waals surface area contributed by atoms with E-state index in [9.17, 15) is 9.90 Å². The topological polar surface area (TPSA) is 74.7 Å². The first kappa shape index (κ1) is 15.2. The lowest BCUT2D eigenvalue weighted by atomic mass is 10.1. The van der Waals surface area contributed by atoms with E-state index >= 15 is 0 Å². The Labute approximate surface area is 143 Å². The Morgan fingerprint density at radius 3 is 3.12 bits per heavy atom. The summed E-state index contributed by atoms with van der Waals surface area (Å²) in [5.41, 5.74) is 1.99. The Morgan fingerprint density at radius 2 is 2.38 bits per heavy atom. The van der Waals surface area contributed by atoms with Gasteiger partial charge in [-0.2, -0.15) is 0 Å². The fraction of sp³-hybridized carbons (Fsp3) is 0.412. The zero-order valence-corrected chi connectivity index (χ0v) is 14.2. The van der Waals surface area contributed by atoms with Crippen LogP contribution in [0, 0.1) is 11.8 Å². The van der Waals surface area contributed by atoms with Gasteiger partial charge in [-0.15, -0.1) is 5.92 Å². The van der Waals surface area contributed by atoms with Crippen molar-refractivity contribution >= 4 is 32.7 Å². The summed E-state index contributed by atoms with van der Waals surface area (Å²) in [6, 6.07) is 2.78. The van der Waals surface area contributed by atoms with Crippen LogP contribution in [0.3, 0.4) is 0 Å². The summed E-state index contributed by atoms with van der Waals surface area (Å²) in [5.74, 6) is 6.75. The molecule has 24 heavy (non-hydrogen) atoms. The maximum atomic E-state index is 12.5. The number of amides is 2. The van der Waals surface area contributed by atoms with E-state index in [0.717, 1.165) is 28.0 Å². The number of urea groups is 1. The maximum Gasteiger partial charge on any atom is 0.325 e. The van der Waals surface area contributed by atoms with Crippen molar-refractivity contribution in [1.29, 1.82) is 0 Å². The third-order valence-electron chi connectivity index (χ3n) is 4.37. The highest BCUT2D eigenvalue weighted by molar-refractivity contribution is 7.22. The van der Waals surface area contributed by atoms with Crippen LogP contribution >= 0.6 is 11.3 Å². The number of carbonyl (C=O) groups is 1. The van der Waals surface area contributed by atoms with Crippen LogP contribution in [-0.2, 0) is 6.42 Å². The molecule has 6 nitrogen and oxygen atoms in total. The van der Waals surface area contributed by atoms with Gasteiger partial charge in [0.05, 0.1) is 29.0 Å². The monoisotopic (exact) mass is 343 g/mol. The van der Waals surface area contributed by atoms with Crippen LogP contribution in [0.15, 0.2) is 12.1 Å². The number of aliphatic hydroxyl groups is 1. The van der Waals surface area contributed by atoms with Gasteiger partial charge in [-0.1, -0.05) is 17.3 Å². The number of carbonyl (C=O) groups excluding carboxylic acids is 1. The minimum absolute atomic E-state index is 0.277. The summed E-state index contributed by atoms with van der Waals surface area (Å²) in [6.45, 7) is 4.05. The molecular weight excluding hydrogens is 326 g/mol. The SMILES string of the molecule is CC#C[C@H]1[C@H](C(C)O)NC(=O)N1c1nc2c3c(ccc2s1)OCC3. The number of thiazole rings is 1. The Balaban J connectivity index is 1.80. The molecule has 0 aliphatic carbocycles. The molecule has 124 valence electrons. The molecular formula is C17H17N3O3S. The highest BCUT2D eigenvalue weighted by Crippen LogP contribution is 2.39. The van der Waals surface area contributed by atoms with E-state index in [-0.39, 0.29) is 6.03 Å². The van der Waals surface area contributed by atoms with Gasteiger partial charge >= 0.3 is 6.03 Å². The summed E-state index contributed by atoms with van der Waals surface area (Å²) in [5, 5.41) is 13.4. The van der Waals surface area contributed by atoms with Crippen LogP contribution in [-0.4, -0.2) is 40.9 Å². The van der Waals surface area contributed by atoms with Crippen molar-refractivity contribution in [2.24, 2.45) is 0 Å². The molecule has 3 heterocycles. The molecule has 2 aromatic rings. The summed E-state index contributed by atoms with van der Waals surface area (Å²) >= 11 is 1.46. The average Bonchev–Trinajstić information content (AvgIpc) is 3.22. The number of hydrogen-bond acceptors (Lipinski definition) is 5. The third-order valence-corrected chi connectivity index (χ3v) is 5.39. The van der Waals surface area contributed by atoms with Crippen LogP contribution in [0.1, 0.15) is 19.4 Å². The van der Waals surface area contributed by atoms with Crippen molar-refractivity contribution in [3.8, 4) is 17.6 Å². The van der Waals surface area contributed by atoms with Crippen LogP contribution in [0.4, 0.5) is 9.93 Å². The lowest BCUT2D eigenvalue weighted by Crippen LogP contribution is -2.42. The van der Waals surface area contributed by atoms with Crippen molar-refractivity contribution < 1.29 is 14.6 Å². The molecule has 1 aromatic carbocycles. The second-order valence-corrected chi connectivity index (χ2v) is 6.92.